The monoisotopic (exact) mass is 1890 g/mol. The van der Waals surface area contributed by atoms with Crippen LogP contribution in [-0.2, 0) is 38.8 Å². The number of Topliss-reactive ketones (excluding diaryl/α,β-unsaturated/α-hetero) is 4. The van der Waals surface area contributed by atoms with Crippen LogP contribution in [0.4, 0.5) is 17.6 Å². The van der Waals surface area contributed by atoms with Gasteiger partial charge in [-0.15, -0.1) is 10.2 Å². The van der Waals surface area contributed by atoms with Crippen LogP contribution < -0.4 is 0 Å². The van der Waals surface area contributed by atoms with E-state index in [-0.39, 0.29) is 99.7 Å². The second-order valence-corrected chi connectivity index (χ2v) is 49.0. The molecule has 0 unspecified atom stereocenters. The highest BCUT2D eigenvalue weighted by Crippen LogP contribution is 2.70. The SMILES string of the molecule is C[C@@]1(O)CC[C@H]2[C@H](CC[C@@H]3[C@@H]2CC[C@]2(C)[C@@H](C(=O)CBr)CC[C@@H]32)C1.C[C@@]1(O)CC[C@H]2[C@H](CC[C@@H]3[C@@H]2CC[C@]2(C)[C@@H](C(=O)Cn4nc5ccc(F)cc5n4)CC[C@@H]32)C1.C[C@@]1(O)CC[C@H]2[C@H](CC[C@@H]3[C@@H]2CC[C@]2(C)[C@@H](C(=O)Cn4nnc5cc(F)ccc54)CC[C@@H]32)C1.C[C@@]1(O)CC[C@H]2[C@H](CC[C@@H]3[C@@H]2CC[C@]2(C)[C@@H](C(=O)Cn4nnc5ccc(F)cc54)CC[C@@H]32)C1.Fc1ccc2n[nH]nc2c1. The van der Waals surface area contributed by atoms with Crippen molar-refractivity contribution in [2.45, 2.75) is 329 Å². The van der Waals surface area contributed by atoms with Crippen molar-refractivity contribution in [3.8, 4) is 0 Å². The highest BCUT2D eigenvalue weighted by molar-refractivity contribution is 9.09. The molecule has 16 aliphatic carbocycles. The van der Waals surface area contributed by atoms with Crippen LogP contribution in [0.3, 0.4) is 0 Å². The lowest BCUT2D eigenvalue weighted by atomic mass is 9.49. The minimum atomic E-state index is -0.476. The van der Waals surface area contributed by atoms with E-state index in [2.05, 4.69) is 89.9 Å². The van der Waals surface area contributed by atoms with Gasteiger partial charge in [0.25, 0.3) is 0 Å². The molecule has 0 amide bonds. The molecule has 4 aromatic heterocycles. The van der Waals surface area contributed by atoms with Gasteiger partial charge in [0.2, 0.25) is 0 Å². The second-order valence-electron chi connectivity index (χ2n) is 48.5. The molecule has 0 saturated heterocycles. The zero-order valence-corrected chi connectivity index (χ0v) is 81.4. The number of fused-ring (bicyclic) bond motifs is 24. The number of alkyl halides is 1. The Balaban J connectivity index is 0.000000107. The summed E-state index contributed by atoms with van der Waals surface area (Å²) in [5, 5.41) is 78.0. The normalized spacial score (nSPS) is 42.2. The van der Waals surface area contributed by atoms with Crippen LogP contribution in [0, 0.1) is 187 Å². The number of ketones is 4. The smallest absolute Gasteiger partial charge is 0.159 e. The summed E-state index contributed by atoms with van der Waals surface area (Å²) in [5.74, 6) is 15.2. The number of aromatic amines is 1. The fourth-order valence-electron chi connectivity index (χ4n) is 35.2. The standard InChI is InChI=1S/3C27H36FN3O2.C21H33BrO2.C6H4FN3/c1-26(33)11-9-18-16(14-26)3-5-20-19(18)10-12-27(2)21(20)6-7-22(27)25(32)15-31-24-8-4-17(28)13-23(24)29-30-31;1-26(33)11-9-18-16(14-26)3-5-20-19(18)10-12-27(2)21(20)6-7-22(27)25(32)15-31-24-13-17(28)4-8-23(24)29-30-31;1-26(33)11-9-18-16(14-26)3-5-20-19(18)10-12-27(2)21(20)6-7-22(27)25(32)15-31-29-23-8-4-17(28)13-24(23)30-31;1-20(24)9-7-14-13(11-20)3-4-16-15(14)8-10-21(2)17(16)5-6-18(21)19(23)12-22;7-4-1-2-5-6(3-4)9-10-8-5/h3*4,8,13,16,18-22,33H,3,5-7,9-12,14-15H2,1-2H3;13-18,24H,3-12H2,1-2H3;1-3H,(H,8,9,10)/t3*16-,18+,19-,20-,21+,22-,26-,27+;13-,14+,15-,16-,17+,18-,20-,21+;/m1111./s1. The second kappa shape index (κ2) is 36.1. The van der Waals surface area contributed by atoms with Crippen LogP contribution in [0.2, 0.25) is 0 Å². The van der Waals surface area contributed by atoms with Gasteiger partial charge in [0, 0.05) is 47.9 Å². The minimum absolute atomic E-state index is 0.0565. The Morgan fingerprint density at radius 1 is 0.331 bits per heavy atom. The molecule has 133 heavy (non-hydrogen) atoms. The van der Waals surface area contributed by atoms with Gasteiger partial charge < -0.3 is 20.4 Å². The molecule has 0 spiro atoms. The van der Waals surface area contributed by atoms with Gasteiger partial charge in [0.1, 0.15) is 81.8 Å². The lowest BCUT2D eigenvalue weighted by Crippen LogP contribution is -2.51. The van der Waals surface area contributed by atoms with Gasteiger partial charge >= 0.3 is 0 Å². The van der Waals surface area contributed by atoms with Gasteiger partial charge in [-0.25, -0.2) is 26.9 Å². The van der Waals surface area contributed by atoms with E-state index < -0.39 is 22.4 Å². The molecule has 24 rings (SSSR count). The van der Waals surface area contributed by atoms with Gasteiger partial charge in [-0.2, -0.15) is 30.4 Å². The number of nitrogens with one attached hydrogen (secondary N) is 1. The van der Waals surface area contributed by atoms with Gasteiger partial charge in [0.15, 0.2) is 17.3 Å². The largest absolute Gasteiger partial charge is 0.390 e. The number of nitrogens with zero attached hydrogens (tertiary/aromatic N) is 11. The third kappa shape index (κ3) is 17.8. The summed E-state index contributed by atoms with van der Waals surface area (Å²) in [7, 11) is 0. The zero-order chi connectivity index (χ0) is 93.0. The molecule has 720 valence electrons. The van der Waals surface area contributed by atoms with Crippen LogP contribution >= 0.6 is 15.9 Å². The first-order valence-electron chi connectivity index (χ1n) is 52.0. The predicted molar refractivity (Wildman–Crippen MR) is 505 cm³/mol. The predicted octanol–water partition coefficient (Wildman–Crippen LogP) is 21.5. The summed E-state index contributed by atoms with van der Waals surface area (Å²) in [6.07, 6.45) is 41.1. The van der Waals surface area contributed by atoms with Crippen molar-refractivity contribution < 1.29 is 57.2 Å². The minimum Gasteiger partial charge on any atom is -0.390 e. The van der Waals surface area contributed by atoms with E-state index in [0.717, 1.165) is 204 Å². The van der Waals surface area contributed by atoms with Crippen molar-refractivity contribution in [3.05, 3.63) is 96.1 Å². The first-order valence-corrected chi connectivity index (χ1v) is 53.1. The molecule has 20 nitrogen and oxygen atoms in total. The molecule has 16 fully saturated rings. The van der Waals surface area contributed by atoms with Gasteiger partial charge in [0.05, 0.1) is 38.8 Å². The Bertz CT molecular complexity index is 5620. The highest BCUT2D eigenvalue weighted by Gasteiger charge is 2.64. The number of aliphatic hydroxyl groups is 4. The molecule has 25 heteroatoms. The van der Waals surface area contributed by atoms with Crippen molar-refractivity contribution in [1.29, 1.82) is 0 Å². The fraction of sp³-hybridized carbons (Fsp3) is 0.741. The zero-order valence-electron chi connectivity index (χ0n) is 79.8. The Kier molecular flexibility index (Phi) is 25.5. The van der Waals surface area contributed by atoms with Gasteiger partial charge in [-0.05, 0) is 447 Å². The number of benzene rings is 4. The maximum absolute atomic E-state index is 13.8. The third-order valence-electron chi connectivity index (χ3n) is 41.2. The molecule has 8 aromatic rings. The summed E-state index contributed by atoms with van der Waals surface area (Å²) < 4.78 is 56.5. The number of carbonyl (C=O) groups excluding carboxylic acids is 4. The Hall–Kier alpha value is -6.80. The van der Waals surface area contributed by atoms with Crippen molar-refractivity contribution >= 4 is 83.2 Å². The lowest BCUT2D eigenvalue weighted by Gasteiger charge is -2.56. The Morgan fingerprint density at radius 2 is 0.647 bits per heavy atom. The quantitative estimate of drug-likeness (QED) is 0.0594. The third-order valence-corrected chi connectivity index (χ3v) is 41.7. The van der Waals surface area contributed by atoms with Crippen molar-refractivity contribution in [2.24, 2.45) is 164 Å². The number of hydrogen-bond donors (Lipinski definition) is 5. The van der Waals surface area contributed by atoms with Crippen LogP contribution in [-0.4, -0.2) is 132 Å². The van der Waals surface area contributed by atoms with Crippen LogP contribution in [0.15, 0.2) is 72.8 Å². The summed E-state index contributed by atoms with van der Waals surface area (Å²) in [5.41, 5.74) is 3.45. The first kappa shape index (κ1) is 93.8. The molecule has 16 aliphatic rings. The molecule has 0 radical (unpaired) electrons. The van der Waals surface area contributed by atoms with Crippen LogP contribution in [0.1, 0.15) is 287 Å². The fourth-order valence-corrected chi connectivity index (χ4v) is 35.6. The summed E-state index contributed by atoms with van der Waals surface area (Å²) >= 11 is 3.42. The number of carbonyl (C=O) groups is 4. The molecular formula is C108H145BrF4N12O8. The number of hydrogen-bond acceptors (Lipinski definition) is 16. The van der Waals surface area contributed by atoms with E-state index in [0.29, 0.717) is 91.2 Å². The van der Waals surface area contributed by atoms with Crippen LogP contribution in [0.25, 0.3) is 44.1 Å². The average Bonchev–Trinajstić information content (AvgIpc) is 1.64. The van der Waals surface area contributed by atoms with E-state index in [4.69, 9.17) is 0 Å². The molecular weight excluding hydrogens is 1750 g/mol. The molecule has 4 aromatic carbocycles. The average molecular weight is 1900 g/mol. The van der Waals surface area contributed by atoms with Crippen LogP contribution in [0.5, 0.6) is 0 Å². The van der Waals surface area contributed by atoms with Gasteiger partial charge in [-0.3, -0.25) is 19.2 Å². The van der Waals surface area contributed by atoms with E-state index in [9.17, 15) is 57.2 Å². The molecule has 0 bridgehead atoms. The summed E-state index contributed by atoms with van der Waals surface area (Å²) in [6, 6.07) is 17.5. The molecule has 32 atom stereocenters. The molecule has 0 aliphatic heterocycles. The highest BCUT2D eigenvalue weighted by atomic mass is 79.9. The topological polar surface area (TPSA) is 283 Å². The molecule has 4 heterocycles. The Labute approximate surface area is 789 Å². The van der Waals surface area contributed by atoms with Gasteiger partial charge in [-0.1, -0.05) is 54.1 Å². The maximum Gasteiger partial charge on any atom is 0.159 e. The van der Waals surface area contributed by atoms with Crippen molar-refractivity contribution in [3.63, 3.8) is 0 Å². The number of H-pyrrole nitrogens is 1. The molecule has 5 N–H and O–H groups in total. The Morgan fingerprint density at radius 3 is 1.05 bits per heavy atom. The van der Waals surface area contributed by atoms with E-state index >= 15 is 0 Å². The van der Waals surface area contributed by atoms with E-state index in [1.807, 2.05) is 27.7 Å². The number of rotatable bonds is 11. The first-order chi connectivity index (χ1) is 63.4. The number of aromatic nitrogens is 12. The summed E-state index contributed by atoms with van der Waals surface area (Å²) in [4.78, 5) is 54.5. The van der Waals surface area contributed by atoms with E-state index in [1.165, 1.54) is 169 Å². The molecule has 16 saturated carbocycles. The maximum atomic E-state index is 13.8. The van der Waals surface area contributed by atoms with Crippen molar-refractivity contribution in [2.75, 3.05) is 5.33 Å². The van der Waals surface area contributed by atoms with E-state index in [1.54, 1.807) is 33.6 Å². The van der Waals surface area contributed by atoms with Crippen molar-refractivity contribution in [1.82, 2.24) is 60.4 Å². The summed E-state index contributed by atoms with van der Waals surface area (Å²) in [6.45, 7) is 18.3. The lowest BCUT2D eigenvalue weighted by molar-refractivity contribution is -0.133. The number of halogens is 5.